The molecule has 1 aliphatic rings. The maximum atomic E-state index is 5.64. The van der Waals surface area contributed by atoms with Crippen molar-refractivity contribution in [2.75, 3.05) is 18.7 Å². The Hall–Kier alpha value is -0.420. The maximum absolute atomic E-state index is 5.64. The predicted octanol–water partition coefficient (Wildman–Crippen LogP) is 3.51. The van der Waals surface area contributed by atoms with Crippen molar-refractivity contribution < 1.29 is 14.2 Å². The van der Waals surface area contributed by atoms with Gasteiger partial charge in [0.05, 0.1) is 6.61 Å². The zero-order valence-electron chi connectivity index (χ0n) is 9.54. The van der Waals surface area contributed by atoms with E-state index in [4.69, 9.17) is 14.2 Å². The van der Waals surface area contributed by atoms with E-state index in [9.17, 15) is 0 Å². The minimum atomic E-state index is 0.292. The van der Waals surface area contributed by atoms with Gasteiger partial charge in [0.25, 0.3) is 0 Å². The van der Waals surface area contributed by atoms with Crippen molar-refractivity contribution in [3.05, 3.63) is 17.7 Å². The second kappa shape index (κ2) is 5.96. The molecule has 0 amide bonds. The Morgan fingerprint density at radius 2 is 2.06 bits per heavy atom. The minimum absolute atomic E-state index is 0.292. The van der Waals surface area contributed by atoms with Crippen molar-refractivity contribution in [1.82, 2.24) is 0 Å². The van der Waals surface area contributed by atoms with Gasteiger partial charge in [-0.1, -0.05) is 31.9 Å². The highest BCUT2D eigenvalue weighted by atomic mass is 79.9. The summed E-state index contributed by atoms with van der Waals surface area (Å²) < 4.78 is 16.4. The summed E-state index contributed by atoms with van der Waals surface area (Å²) >= 11 is 7.06. The highest BCUT2D eigenvalue weighted by molar-refractivity contribution is 9.12. The molecule has 0 spiro atoms. The van der Waals surface area contributed by atoms with E-state index in [-0.39, 0.29) is 0 Å². The number of hydrogen-bond donors (Lipinski definition) is 0. The largest absolute Gasteiger partial charge is 0.493 e. The maximum Gasteiger partial charge on any atom is 0.231 e. The first-order valence-corrected chi connectivity index (χ1v) is 7.53. The third kappa shape index (κ3) is 3.07. The highest BCUT2D eigenvalue weighted by Crippen LogP contribution is 2.39. The lowest BCUT2D eigenvalue weighted by molar-refractivity contribution is 0.173. The van der Waals surface area contributed by atoms with Crippen LogP contribution in [0.25, 0.3) is 0 Å². The van der Waals surface area contributed by atoms with Gasteiger partial charge in [0.2, 0.25) is 6.79 Å². The number of rotatable bonds is 5. The van der Waals surface area contributed by atoms with Crippen molar-refractivity contribution in [3.63, 3.8) is 0 Å². The first-order chi connectivity index (χ1) is 8.24. The van der Waals surface area contributed by atoms with Crippen LogP contribution in [0.2, 0.25) is 0 Å². The summed E-state index contributed by atoms with van der Waals surface area (Å²) in [5, 5.41) is 0.896. The molecular formula is C12H14Br2O3. The number of fused-ring (bicyclic) bond motifs is 1. The van der Waals surface area contributed by atoms with E-state index in [2.05, 4.69) is 31.9 Å². The Bertz CT molecular complexity index is 396. The molecule has 0 radical (unpaired) electrons. The van der Waals surface area contributed by atoms with Gasteiger partial charge in [-0.2, -0.15) is 0 Å². The van der Waals surface area contributed by atoms with Crippen LogP contribution in [0.1, 0.15) is 12.5 Å². The molecule has 3 nitrogen and oxygen atoms in total. The zero-order valence-corrected chi connectivity index (χ0v) is 12.7. The Balaban J connectivity index is 2.27. The van der Waals surface area contributed by atoms with Crippen LogP contribution in [0, 0.1) is 0 Å². The molecule has 17 heavy (non-hydrogen) atoms. The van der Waals surface area contributed by atoms with Crippen LogP contribution in [0.5, 0.6) is 17.2 Å². The van der Waals surface area contributed by atoms with Crippen molar-refractivity contribution in [3.8, 4) is 17.2 Å². The van der Waals surface area contributed by atoms with Crippen LogP contribution in [0.15, 0.2) is 12.1 Å². The Labute approximate surface area is 118 Å². The van der Waals surface area contributed by atoms with Crippen LogP contribution in [0.4, 0.5) is 0 Å². The standard InChI is InChI=1S/C12H14Br2O3/c1-2-15-10-5-12-11(16-7-17-12)4-8(10)3-9(14)6-13/h4-5,9H,2-3,6-7H2,1H3/t9-/m0/s1. The molecule has 1 aliphatic heterocycles. The van der Waals surface area contributed by atoms with Crippen LogP contribution in [0.3, 0.4) is 0 Å². The third-order valence-electron chi connectivity index (χ3n) is 2.46. The molecular weight excluding hydrogens is 352 g/mol. The van der Waals surface area contributed by atoms with Gasteiger partial charge < -0.3 is 14.2 Å². The van der Waals surface area contributed by atoms with Gasteiger partial charge in [-0.15, -0.1) is 0 Å². The van der Waals surface area contributed by atoms with E-state index in [1.165, 1.54) is 0 Å². The molecule has 0 fully saturated rings. The number of halogens is 2. The van der Waals surface area contributed by atoms with Gasteiger partial charge >= 0.3 is 0 Å². The summed E-state index contributed by atoms with van der Waals surface area (Å²) in [6.07, 6.45) is 0.886. The van der Waals surface area contributed by atoms with E-state index in [1.54, 1.807) is 0 Å². The molecule has 5 heteroatoms. The molecule has 0 saturated heterocycles. The first-order valence-electron chi connectivity index (χ1n) is 5.50. The predicted molar refractivity (Wildman–Crippen MR) is 73.9 cm³/mol. The van der Waals surface area contributed by atoms with Gasteiger partial charge in [0.15, 0.2) is 11.5 Å². The quantitative estimate of drug-likeness (QED) is 0.747. The second-order valence-corrected chi connectivity index (χ2v) is 5.64. The summed E-state index contributed by atoms with van der Waals surface area (Å²) in [4.78, 5) is 0.377. The molecule has 1 aromatic carbocycles. The van der Waals surface area contributed by atoms with E-state index in [1.807, 2.05) is 19.1 Å². The summed E-state index contributed by atoms with van der Waals surface area (Å²) in [5.74, 6) is 2.45. The number of alkyl halides is 2. The molecule has 0 N–H and O–H groups in total. The van der Waals surface area contributed by atoms with Gasteiger partial charge in [0, 0.05) is 16.2 Å². The van der Waals surface area contributed by atoms with Crippen molar-refractivity contribution in [2.24, 2.45) is 0 Å². The summed E-state index contributed by atoms with van der Waals surface area (Å²) in [5.41, 5.74) is 1.14. The number of ether oxygens (including phenoxy) is 3. The number of benzene rings is 1. The molecule has 0 bridgehead atoms. The summed E-state index contributed by atoms with van der Waals surface area (Å²) in [7, 11) is 0. The van der Waals surface area contributed by atoms with Gasteiger partial charge in [-0.05, 0) is 25.0 Å². The van der Waals surface area contributed by atoms with E-state index in [0.29, 0.717) is 18.2 Å². The van der Waals surface area contributed by atoms with Crippen LogP contribution in [-0.2, 0) is 6.42 Å². The molecule has 1 atom stereocenters. The van der Waals surface area contributed by atoms with Crippen molar-refractivity contribution >= 4 is 31.9 Å². The summed E-state index contributed by atoms with van der Waals surface area (Å²) in [6.45, 7) is 2.92. The van der Waals surface area contributed by atoms with Crippen LogP contribution < -0.4 is 14.2 Å². The van der Waals surface area contributed by atoms with Crippen molar-refractivity contribution in [1.29, 1.82) is 0 Å². The molecule has 1 aromatic rings. The molecule has 0 saturated carbocycles. The molecule has 2 rings (SSSR count). The van der Waals surface area contributed by atoms with E-state index < -0.39 is 0 Å². The lowest BCUT2D eigenvalue weighted by atomic mass is 10.1. The zero-order chi connectivity index (χ0) is 12.3. The molecule has 94 valence electrons. The van der Waals surface area contributed by atoms with Gasteiger partial charge in [-0.25, -0.2) is 0 Å². The lowest BCUT2D eigenvalue weighted by Gasteiger charge is -2.13. The Kier molecular flexibility index (Phi) is 4.56. The molecule has 0 aliphatic carbocycles. The average Bonchev–Trinajstić information content (AvgIpc) is 2.76. The fraction of sp³-hybridized carbons (Fsp3) is 0.500. The topological polar surface area (TPSA) is 27.7 Å². The average molecular weight is 366 g/mol. The Morgan fingerprint density at radius 3 is 2.71 bits per heavy atom. The normalized spacial score (nSPS) is 14.8. The lowest BCUT2D eigenvalue weighted by Crippen LogP contribution is -2.06. The SMILES string of the molecule is CCOc1cc2c(cc1C[C@H](Br)CBr)OCO2. The minimum Gasteiger partial charge on any atom is -0.493 e. The van der Waals surface area contributed by atoms with Crippen LogP contribution in [-0.4, -0.2) is 23.6 Å². The van der Waals surface area contributed by atoms with Gasteiger partial charge in [-0.3, -0.25) is 0 Å². The second-order valence-electron chi connectivity index (χ2n) is 3.70. The monoisotopic (exact) mass is 364 g/mol. The molecule has 0 aromatic heterocycles. The van der Waals surface area contributed by atoms with Crippen molar-refractivity contribution in [2.45, 2.75) is 18.2 Å². The van der Waals surface area contributed by atoms with Gasteiger partial charge in [0.1, 0.15) is 5.75 Å². The fourth-order valence-corrected chi connectivity index (χ4v) is 2.29. The number of hydrogen-bond acceptors (Lipinski definition) is 3. The summed E-state index contributed by atoms with van der Waals surface area (Å²) in [6, 6.07) is 3.92. The van der Waals surface area contributed by atoms with E-state index in [0.717, 1.165) is 34.6 Å². The molecule has 1 heterocycles. The first kappa shape index (κ1) is 13.0. The van der Waals surface area contributed by atoms with E-state index >= 15 is 0 Å². The molecule has 0 unspecified atom stereocenters. The highest BCUT2D eigenvalue weighted by Gasteiger charge is 2.19. The fourth-order valence-electron chi connectivity index (χ4n) is 1.71. The Morgan fingerprint density at radius 1 is 1.35 bits per heavy atom. The smallest absolute Gasteiger partial charge is 0.231 e. The van der Waals surface area contributed by atoms with Crippen LogP contribution >= 0.6 is 31.9 Å². The third-order valence-corrected chi connectivity index (χ3v) is 4.76.